The Morgan fingerprint density at radius 3 is 2.94 bits per heavy atom. The smallest absolute Gasteiger partial charge is 0.313 e. The van der Waals surface area contributed by atoms with E-state index in [1.807, 2.05) is 4.57 Å². The van der Waals surface area contributed by atoms with Crippen LogP contribution in [0.3, 0.4) is 0 Å². The molecule has 0 saturated heterocycles. The van der Waals surface area contributed by atoms with Gasteiger partial charge in [-0.3, -0.25) is 9.36 Å². The molecule has 0 spiro atoms. The molecule has 1 heterocycles. The Bertz CT molecular complexity index is 402. The zero-order valence-corrected chi connectivity index (χ0v) is 9.78. The van der Waals surface area contributed by atoms with E-state index in [0.29, 0.717) is 17.0 Å². The minimum atomic E-state index is -0.864. The van der Waals surface area contributed by atoms with Gasteiger partial charge in [0.2, 0.25) is 5.95 Å². The Morgan fingerprint density at radius 1 is 1.69 bits per heavy atom. The van der Waals surface area contributed by atoms with E-state index >= 15 is 0 Å². The highest BCUT2D eigenvalue weighted by Crippen LogP contribution is 2.41. The molecule has 16 heavy (non-hydrogen) atoms. The van der Waals surface area contributed by atoms with Gasteiger partial charge in [-0.2, -0.15) is 0 Å². The summed E-state index contributed by atoms with van der Waals surface area (Å²) in [6, 6.07) is 0.256. The van der Waals surface area contributed by atoms with Crippen molar-refractivity contribution in [3.05, 3.63) is 0 Å². The van der Waals surface area contributed by atoms with Crippen molar-refractivity contribution in [2.24, 2.45) is 5.92 Å². The predicted molar refractivity (Wildman–Crippen MR) is 60.2 cm³/mol. The maximum Gasteiger partial charge on any atom is 0.313 e. The summed E-state index contributed by atoms with van der Waals surface area (Å²) in [6.07, 6.45) is 2.39. The average molecular weight is 242 g/mol. The van der Waals surface area contributed by atoms with E-state index in [2.05, 4.69) is 17.1 Å². The molecular formula is C9H14N4O2S. The van der Waals surface area contributed by atoms with E-state index in [1.54, 1.807) is 0 Å². The summed E-state index contributed by atoms with van der Waals surface area (Å²) in [5.74, 6) is 0.113. The maximum absolute atomic E-state index is 10.5. The summed E-state index contributed by atoms with van der Waals surface area (Å²) < 4.78 is 1.84. The molecule has 88 valence electrons. The molecule has 1 unspecified atom stereocenters. The third kappa shape index (κ3) is 2.29. The highest BCUT2D eigenvalue weighted by atomic mass is 32.2. The van der Waals surface area contributed by atoms with Crippen LogP contribution in [0.25, 0.3) is 0 Å². The summed E-state index contributed by atoms with van der Waals surface area (Å²) in [5, 5.41) is 16.9. The molecule has 0 amide bonds. The Balaban J connectivity index is 2.14. The predicted octanol–water partition coefficient (Wildman–Crippen LogP) is 1.01. The van der Waals surface area contributed by atoms with Crippen LogP contribution >= 0.6 is 11.8 Å². The number of aromatic nitrogens is 3. The number of thioether (sulfide) groups is 1. The van der Waals surface area contributed by atoms with Crippen LogP contribution in [0.1, 0.15) is 25.8 Å². The second-order valence-electron chi connectivity index (χ2n) is 3.97. The highest BCUT2D eigenvalue weighted by Gasteiger charge is 2.31. The minimum absolute atomic E-state index is 0.0183. The number of aliphatic carboxylic acids is 1. The largest absolute Gasteiger partial charge is 0.481 e. The number of hydrogen-bond donors (Lipinski definition) is 2. The van der Waals surface area contributed by atoms with Gasteiger partial charge in [0, 0.05) is 6.04 Å². The topological polar surface area (TPSA) is 94.0 Å². The van der Waals surface area contributed by atoms with Crippen molar-refractivity contribution in [2.75, 3.05) is 11.5 Å². The van der Waals surface area contributed by atoms with Crippen LogP contribution in [0.5, 0.6) is 0 Å². The Kier molecular flexibility index (Phi) is 3.04. The average Bonchev–Trinajstić information content (AvgIpc) is 2.99. The van der Waals surface area contributed by atoms with Gasteiger partial charge in [0.15, 0.2) is 5.16 Å². The molecule has 1 saturated carbocycles. The van der Waals surface area contributed by atoms with Gasteiger partial charge in [0.1, 0.15) is 0 Å². The van der Waals surface area contributed by atoms with Gasteiger partial charge in [-0.05, 0) is 25.7 Å². The summed E-state index contributed by atoms with van der Waals surface area (Å²) in [6.45, 7) is 2.07. The first kappa shape index (κ1) is 11.3. The van der Waals surface area contributed by atoms with Crippen molar-refractivity contribution in [2.45, 2.75) is 31.0 Å². The van der Waals surface area contributed by atoms with Crippen molar-refractivity contribution in [1.82, 2.24) is 14.8 Å². The lowest BCUT2D eigenvalue weighted by Gasteiger charge is -2.15. The third-order valence-electron chi connectivity index (χ3n) is 2.73. The minimum Gasteiger partial charge on any atom is -0.481 e. The van der Waals surface area contributed by atoms with Crippen molar-refractivity contribution in [3.63, 3.8) is 0 Å². The first-order valence-electron chi connectivity index (χ1n) is 5.14. The fraction of sp³-hybridized carbons (Fsp3) is 0.667. The van der Waals surface area contributed by atoms with Crippen molar-refractivity contribution in [1.29, 1.82) is 0 Å². The van der Waals surface area contributed by atoms with Gasteiger partial charge in [0.25, 0.3) is 0 Å². The number of anilines is 1. The van der Waals surface area contributed by atoms with Crippen LogP contribution in [0.15, 0.2) is 5.16 Å². The van der Waals surface area contributed by atoms with Crippen LogP contribution in [0, 0.1) is 5.92 Å². The molecular weight excluding hydrogens is 228 g/mol. The normalized spacial score (nSPS) is 17.3. The molecule has 1 aliphatic carbocycles. The van der Waals surface area contributed by atoms with Gasteiger partial charge in [-0.25, -0.2) is 0 Å². The SMILES string of the molecule is CC(C1CC1)n1c(N)nnc1SCC(=O)O. The lowest BCUT2D eigenvalue weighted by atomic mass is 10.2. The first-order chi connectivity index (χ1) is 7.59. The number of nitrogens with two attached hydrogens (primary N) is 1. The quantitative estimate of drug-likeness (QED) is 0.748. The van der Waals surface area contributed by atoms with Gasteiger partial charge in [0.05, 0.1) is 5.75 Å². The number of carboxylic acid groups (broad SMARTS) is 1. The van der Waals surface area contributed by atoms with E-state index in [1.165, 1.54) is 12.8 Å². The molecule has 1 fully saturated rings. The molecule has 1 aromatic heterocycles. The third-order valence-corrected chi connectivity index (χ3v) is 3.65. The second kappa shape index (κ2) is 4.32. The lowest BCUT2D eigenvalue weighted by Crippen LogP contribution is -2.12. The van der Waals surface area contributed by atoms with Gasteiger partial charge < -0.3 is 10.8 Å². The number of carboxylic acids is 1. The molecule has 0 aromatic carbocycles. The van der Waals surface area contributed by atoms with Crippen molar-refractivity contribution >= 4 is 23.7 Å². The lowest BCUT2D eigenvalue weighted by molar-refractivity contribution is -0.133. The summed E-state index contributed by atoms with van der Waals surface area (Å²) >= 11 is 1.16. The molecule has 7 heteroatoms. The van der Waals surface area contributed by atoms with Crippen LogP contribution in [0.2, 0.25) is 0 Å². The summed E-state index contributed by atoms with van der Waals surface area (Å²) in [5.41, 5.74) is 5.74. The molecule has 1 aromatic rings. The van der Waals surface area contributed by atoms with Gasteiger partial charge in [-0.15, -0.1) is 10.2 Å². The molecule has 2 rings (SSSR count). The zero-order chi connectivity index (χ0) is 11.7. The number of nitrogens with zero attached hydrogens (tertiary/aromatic N) is 3. The Hall–Kier alpha value is -1.24. The van der Waals surface area contributed by atoms with Crippen LogP contribution < -0.4 is 5.73 Å². The fourth-order valence-electron chi connectivity index (χ4n) is 1.69. The Morgan fingerprint density at radius 2 is 2.38 bits per heavy atom. The molecule has 0 bridgehead atoms. The molecule has 1 atom stereocenters. The summed E-state index contributed by atoms with van der Waals surface area (Å²) in [4.78, 5) is 10.5. The standard InChI is InChI=1S/C9H14N4O2S/c1-5(6-2-3-6)13-8(10)11-12-9(13)16-4-7(14)15/h5-6H,2-4H2,1H3,(H2,10,11)(H,14,15). The second-order valence-corrected chi connectivity index (χ2v) is 4.91. The molecule has 1 aliphatic rings. The van der Waals surface area contributed by atoms with Crippen molar-refractivity contribution < 1.29 is 9.90 Å². The highest BCUT2D eigenvalue weighted by molar-refractivity contribution is 7.99. The van der Waals surface area contributed by atoms with Gasteiger partial charge in [-0.1, -0.05) is 11.8 Å². The molecule has 6 nitrogen and oxygen atoms in total. The maximum atomic E-state index is 10.5. The van der Waals surface area contributed by atoms with Crippen LogP contribution in [0.4, 0.5) is 5.95 Å². The van der Waals surface area contributed by atoms with E-state index in [9.17, 15) is 4.79 Å². The van der Waals surface area contributed by atoms with E-state index < -0.39 is 5.97 Å². The number of rotatable bonds is 5. The molecule has 0 radical (unpaired) electrons. The van der Waals surface area contributed by atoms with E-state index in [0.717, 1.165) is 11.8 Å². The first-order valence-corrected chi connectivity index (χ1v) is 6.13. The molecule has 3 N–H and O–H groups in total. The summed E-state index contributed by atoms with van der Waals surface area (Å²) in [7, 11) is 0. The number of carbonyl (C=O) groups is 1. The Labute approximate surface area is 97.2 Å². The van der Waals surface area contributed by atoms with E-state index in [-0.39, 0.29) is 11.8 Å². The fourth-order valence-corrected chi connectivity index (χ4v) is 2.44. The van der Waals surface area contributed by atoms with Crippen LogP contribution in [-0.2, 0) is 4.79 Å². The van der Waals surface area contributed by atoms with Gasteiger partial charge >= 0.3 is 5.97 Å². The van der Waals surface area contributed by atoms with E-state index in [4.69, 9.17) is 10.8 Å². The monoisotopic (exact) mass is 242 g/mol. The van der Waals surface area contributed by atoms with Crippen molar-refractivity contribution in [3.8, 4) is 0 Å². The molecule has 0 aliphatic heterocycles. The van der Waals surface area contributed by atoms with Crippen LogP contribution in [-0.4, -0.2) is 31.6 Å². The number of nitrogen functional groups attached to an aromatic ring is 1. The zero-order valence-electron chi connectivity index (χ0n) is 8.96. The number of hydrogen-bond acceptors (Lipinski definition) is 5.